The molecule has 0 aliphatic heterocycles. The molecule has 1 aromatic carbocycles. The fraction of sp³-hybridized carbons (Fsp3) is 0.267. The van der Waals surface area contributed by atoms with Gasteiger partial charge in [-0.05, 0) is 43.0 Å². The number of hydrogen-bond donors (Lipinski definition) is 1. The Labute approximate surface area is 101 Å². The third kappa shape index (κ3) is 3.59. The molecule has 0 heterocycles. The van der Waals surface area contributed by atoms with Crippen molar-refractivity contribution in [3.63, 3.8) is 0 Å². The summed E-state index contributed by atoms with van der Waals surface area (Å²) in [5, 5.41) is 9.16. The maximum absolute atomic E-state index is 11.0. The molecule has 17 heavy (non-hydrogen) atoms. The molecular weight excluding hydrogens is 212 g/mol. The summed E-state index contributed by atoms with van der Waals surface area (Å²) >= 11 is 0. The van der Waals surface area contributed by atoms with Crippen molar-refractivity contribution in [3.8, 4) is 5.75 Å². The molecule has 0 aromatic heterocycles. The van der Waals surface area contributed by atoms with Gasteiger partial charge >= 0.3 is 0 Å². The highest BCUT2D eigenvalue weighted by molar-refractivity contribution is 5.91. The summed E-state index contributed by atoms with van der Waals surface area (Å²) in [4.78, 5) is 11.0. The minimum atomic E-state index is 0.223. The van der Waals surface area contributed by atoms with E-state index in [9.17, 15) is 4.79 Å². The Morgan fingerprint density at radius 2 is 1.88 bits per heavy atom. The maximum atomic E-state index is 11.0. The molecule has 0 saturated heterocycles. The predicted octanol–water partition coefficient (Wildman–Crippen LogP) is 3.17. The largest absolute Gasteiger partial charge is 0.508 e. The summed E-state index contributed by atoms with van der Waals surface area (Å²) in [7, 11) is 0. The van der Waals surface area contributed by atoms with Gasteiger partial charge in [0, 0.05) is 6.42 Å². The molecule has 1 aromatic rings. The van der Waals surface area contributed by atoms with Gasteiger partial charge in [0.2, 0.25) is 0 Å². The molecule has 2 rings (SSSR count). The Balaban J connectivity index is 1.87. The fourth-order valence-corrected chi connectivity index (χ4v) is 1.89. The number of allylic oxidation sites excluding steroid dienone is 4. The van der Waals surface area contributed by atoms with Crippen LogP contribution < -0.4 is 0 Å². The summed E-state index contributed by atoms with van der Waals surface area (Å²) in [6.07, 6.45) is 9.21. The highest BCUT2D eigenvalue weighted by Crippen LogP contribution is 2.16. The van der Waals surface area contributed by atoms with Crippen LogP contribution in [0.5, 0.6) is 5.75 Å². The van der Waals surface area contributed by atoms with Crippen molar-refractivity contribution >= 4 is 5.78 Å². The molecule has 2 heteroatoms. The number of aromatic hydroxyl groups is 1. The Morgan fingerprint density at radius 3 is 2.53 bits per heavy atom. The first-order valence-corrected chi connectivity index (χ1v) is 5.92. The first-order valence-electron chi connectivity index (χ1n) is 5.92. The molecule has 0 amide bonds. The maximum Gasteiger partial charge on any atom is 0.156 e. The van der Waals surface area contributed by atoms with Crippen LogP contribution in [0.2, 0.25) is 0 Å². The number of ketones is 1. The molecule has 0 radical (unpaired) electrons. The molecule has 1 aliphatic rings. The first-order chi connectivity index (χ1) is 8.24. The van der Waals surface area contributed by atoms with Crippen molar-refractivity contribution in [1.82, 2.24) is 0 Å². The minimum Gasteiger partial charge on any atom is -0.508 e. The second-order valence-corrected chi connectivity index (χ2v) is 4.28. The number of rotatable bonds is 3. The van der Waals surface area contributed by atoms with Crippen molar-refractivity contribution in [1.29, 1.82) is 0 Å². The summed E-state index contributed by atoms with van der Waals surface area (Å²) in [5.74, 6) is 0.529. The topological polar surface area (TPSA) is 37.3 Å². The molecule has 1 N–H and O–H groups in total. The zero-order valence-electron chi connectivity index (χ0n) is 9.73. The Bertz CT molecular complexity index is 452. The molecule has 0 atom stereocenters. The van der Waals surface area contributed by atoms with Crippen LogP contribution in [0, 0.1) is 0 Å². The lowest BCUT2D eigenvalue weighted by atomic mass is 9.99. The van der Waals surface area contributed by atoms with E-state index in [-0.39, 0.29) is 5.78 Å². The molecule has 0 bridgehead atoms. The van der Waals surface area contributed by atoms with Gasteiger partial charge in [0.05, 0.1) is 0 Å². The molecule has 0 spiro atoms. The van der Waals surface area contributed by atoms with Crippen molar-refractivity contribution in [3.05, 3.63) is 53.6 Å². The van der Waals surface area contributed by atoms with Crippen molar-refractivity contribution in [2.24, 2.45) is 0 Å². The number of aryl methyl sites for hydroxylation is 1. The minimum absolute atomic E-state index is 0.223. The van der Waals surface area contributed by atoms with E-state index in [1.54, 1.807) is 18.2 Å². The number of carbonyl (C=O) groups is 1. The molecule has 0 fully saturated rings. The van der Waals surface area contributed by atoms with E-state index in [1.165, 1.54) is 11.1 Å². The van der Waals surface area contributed by atoms with Crippen molar-refractivity contribution in [2.45, 2.75) is 25.7 Å². The van der Waals surface area contributed by atoms with Gasteiger partial charge in [-0.25, -0.2) is 0 Å². The van der Waals surface area contributed by atoms with E-state index >= 15 is 0 Å². The Kier molecular flexibility index (Phi) is 3.76. The number of hydrogen-bond acceptors (Lipinski definition) is 2. The van der Waals surface area contributed by atoms with E-state index in [4.69, 9.17) is 5.11 Å². The van der Waals surface area contributed by atoms with Crippen LogP contribution in [0.25, 0.3) is 0 Å². The lowest BCUT2D eigenvalue weighted by Gasteiger charge is -2.06. The number of carbonyl (C=O) groups excluding carboxylic acids is 1. The number of phenolic OH excluding ortho intramolecular Hbond substituents is 1. The van der Waals surface area contributed by atoms with E-state index < -0.39 is 0 Å². The average Bonchev–Trinajstić information content (AvgIpc) is 2.34. The lowest BCUT2D eigenvalue weighted by Crippen LogP contribution is -1.99. The number of phenols is 1. The Morgan fingerprint density at radius 1 is 1.12 bits per heavy atom. The summed E-state index contributed by atoms with van der Waals surface area (Å²) in [5.41, 5.74) is 2.47. The predicted molar refractivity (Wildman–Crippen MR) is 67.9 cm³/mol. The van der Waals surface area contributed by atoms with E-state index in [1.807, 2.05) is 18.2 Å². The highest BCUT2D eigenvalue weighted by Gasteiger charge is 2.05. The third-order valence-corrected chi connectivity index (χ3v) is 2.92. The van der Waals surface area contributed by atoms with Crippen LogP contribution in [0.3, 0.4) is 0 Å². The fourth-order valence-electron chi connectivity index (χ4n) is 1.89. The molecule has 0 saturated carbocycles. The van der Waals surface area contributed by atoms with Gasteiger partial charge in [0.1, 0.15) is 5.75 Å². The monoisotopic (exact) mass is 228 g/mol. The van der Waals surface area contributed by atoms with E-state index in [0.29, 0.717) is 12.2 Å². The van der Waals surface area contributed by atoms with Gasteiger partial charge < -0.3 is 5.11 Å². The smallest absolute Gasteiger partial charge is 0.156 e. The zero-order chi connectivity index (χ0) is 12.1. The normalized spacial score (nSPS) is 17.6. The molecule has 88 valence electrons. The molecule has 2 nitrogen and oxygen atoms in total. The Hall–Kier alpha value is -1.83. The van der Waals surface area contributed by atoms with Gasteiger partial charge in [0.25, 0.3) is 0 Å². The summed E-state index contributed by atoms with van der Waals surface area (Å²) in [6.45, 7) is 0. The second-order valence-electron chi connectivity index (χ2n) is 4.28. The SMILES string of the molecule is O=C1C=C/C(=C/CCc2ccc(O)cc2)CC1. The van der Waals surface area contributed by atoms with E-state index in [2.05, 4.69) is 6.08 Å². The van der Waals surface area contributed by atoms with Crippen molar-refractivity contribution in [2.75, 3.05) is 0 Å². The molecule has 0 unspecified atom stereocenters. The first kappa shape index (κ1) is 11.6. The zero-order valence-corrected chi connectivity index (χ0v) is 9.73. The average molecular weight is 228 g/mol. The second kappa shape index (κ2) is 5.48. The van der Waals surface area contributed by atoms with Gasteiger partial charge in [-0.15, -0.1) is 0 Å². The molecular formula is C15H16O2. The van der Waals surface area contributed by atoms with Crippen LogP contribution in [0.1, 0.15) is 24.8 Å². The van der Waals surface area contributed by atoms with Crippen LogP contribution in [0.15, 0.2) is 48.1 Å². The third-order valence-electron chi connectivity index (χ3n) is 2.92. The number of benzene rings is 1. The van der Waals surface area contributed by atoms with Crippen LogP contribution in [-0.2, 0) is 11.2 Å². The van der Waals surface area contributed by atoms with Gasteiger partial charge in [-0.2, -0.15) is 0 Å². The summed E-state index contributed by atoms with van der Waals surface area (Å²) < 4.78 is 0. The van der Waals surface area contributed by atoms with Crippen LogP contribution in [0.4, 0.5) is 0 Å². The van der Waals surface area contributed by atoms with Crippen molar-refractivity contribution < 1.29 is 9.90 Å². The van der Waals surface area contributed by atoms with Gasteiger partial charge in [-0.3, -0.25) is 4.79 Å². The van der Waals surface area contributed by atoms with E-state index in [0.717, 1.165) is 19.3 Å². The van der Waals surface area contributed by atoms with Gasteiger partial charge in [-0.1, -0.05) is 29.9 Å². The molecule has 1 aliphatic carbocycles. The highest BCUT2D eigenvalue weighted by atomic mass is 16.3. The van der Waals surface area contributed by atoms with Crippen LogP contribution in [-0.4, -0.2) is 10.9 Å². The standard InChI is InChI=1S/C15H16O2/c16-14-8-4-12(5-9-14)2-1-3-13-6-10-15(17)11-7-13/h2,4,6-8,10-11,17H,1,3,5,9H2/b12-2-. The quantitative estimate of drug-likeness (QED) is 0.862. The summed E-state index contributed by atoms with van der Waals surface area (Å²) in [6, 6.07) is 7.30. The lowest BCUT2D eigenvalue weighted by molar-refractivity contribution is -0.114. The van der Waals surface area contributed by atoms with Crippen LogP contribution >= 0.6 is 0 Å². The van der Waals surface area contributed by atoms with Gasteiger partial charge in [0.15, 0.2) is 5.78 Å².